The smallest absolute Gasteiger partial charge is 0.236 e. The van der Waals surface area contributed by atoms with E-state index in [1.807, 2.05) is 7.05 Å². The van der Waals surface area contributed by atoms with E-state index in [2.05, 4.69) is 15.3 Å². The third kappa shape index (κ3) is 2.32. The summed E-state index contributed by atoms with van der Waals surface area (Å²) in [5.41, 5.74) is 0.930. The Balaban J connectivity index is 2.11. The molecule has 16 heavy (non-hydrogen) atoms. The van der Waals surface area contributed by atoms with E-state index in [1.54, 1.807) is 19.5 Å². The molecule has 4 nitrogen and oxygen atoms in total. The van der Waals surface area contributed by atoms with Gasteiger partial charge in [-0.3, -0.25) is 4.98 Å². The number of methoxy groups -OCH3 is 1. The van der Waals surface area contributed by atoms with Gasteiger partial charge in [-0.1, -0.05) is 19.3 Å². The first-order valence-electron chi connectivity index (χ1n) is 5.87. The average Bonchev–Trinajstić information content (AvgIpc) is 2.28. The zero-order valence-corrected chi connectivity index (χ0v) is 9.94. The molecule has 1 saturated carbocycles. The third-order valence-corrected chi connectivity index (χ3v) is 3.36. The fourth-order valence-electron chi connectivity index (χ4n) is 2.16. The quantitative estimate of drug-likeness (QED) is 0.825. The van der Waals surface area contributed by atoms with Crippen molar-refractivity contribution >= 4 is 0 Å². The van der Waals surface area contributed by atoms with Crippen molar-refractivity contribution in [3.05, 3.63) is 18.1 Å². The summed E-state index contributed by atoms with van der Waals surface area (Å²) in [6.07, 6.45) is 8.59. The average molecular weight is 221 g/mol. The van der Waals surface area contributed by atoms with E-state index >= 15 is 0 Å². The summed E-state index contributed by atoms with van der Waals surface area (Å²) >= 11 is 0. The Morgan fingerprint density at radius 2 is 2.19 bits per heavy atom. The number of nitrogens with one attached hydrogen (secondary N) is 1. The fraction of sp³-hybridized carbons (Fsp3) is 0.667. The minimum Gasteiger partial charge on any atom is -0.480 e. The Bertz CT molecular complexity index is 339. The Morgan fingerprint density at radius 3 is 2.75 bits per heavy atom. The first-order chi connectivity index (χ1) is 7.85. The summed E-state index contributed by atoms with van der Waals surface area (Å²) in [5, 5.41) is 3.31. The third-order valence-electron chi connectivity index (χ3n) is 3.36. The van der Waals surface area contributed by atoms with E-state index in [4.69, 9.17) is 4.74 Å². The van der Waals surface area contributed by atoms with Gasteiger partial charge in [-0.2, -0.15) is 0 Å². The van der Waals surface area contributed by atoms with Crippen molar-refractivity contribution in [1.29, 1.82) is 0 Å². The van der Waals surface area contributed by atoms with Gasteiger partial charge in [0.2, 0.25) is 5.88 Å². The van der Waals surface area contributed by atoms with Crippen LogP contribution in [-0.4, -0.2) is 24.1 Å². The topological polar surface area (TPSA) is 47.0 Å². The zero-order valence-electron chi connectivity index (χ0n) is 9.94. The lowest BCUT2D eigenvalue weighted by Gasteiger charge is -2.29. The van der Waals surface area contributed by atoms with Crippen LogP contribution in [-0.2, 0) is 0 Å². The highest BCUT2D eigenvalue weighted by atomic mass is 16.5. The van der Waals surface area contributed by atoms with Gasteiger partial charge in [0.05, 0.1) is 13.2 Å². The van der Waals surface area contributed by atoms with E-state index in [-0.39, 0.29) is 6.04 Å². The van der Waals surface area contributed by atoms with E-state index < -0.39 is 0 Å². The van der Waals surface area contributed by atoms with Crippen LogP contribution >= 0.6 is 0 Å². The molecule has 0 bridgehead atoms. The first kappa shape index (κ1) is 11.3. The highest BCUT2D eigenvalue weighted by Gasteiger charge is 2.25. The van der Waals surface area contributed by atoms with Gasteiger partial charge in [-0.25, -0.2) is 4.98 Å². The van der Waals surface area contributed by atoms with Crippen LogP contribution in [0.5, 0.6) is 5.88 Å². The molecule has 1 heterocycles. The maximum Gasteiger partial charge on any atom is 0.236 e. The summed E-state index contributed by atoms with van der Waals surface area (Å²) in [5.74, 6) is 1.48. The highest BCUT2D eigenvalue weighted by molar-refractivity contribution is 5.21. The SMILES string of the molecule is CNC(CC1CCC1)c1nccnc1OC. The summed E-state index contributed by atoms with van der Waals surface area (Å²) in [7, 11) is 3.61. The predicted octanol–water partition coefficient (Wildman–Crippen LogP) is 1.94. The lowest BCUT2D eigenvalue weighted by molar-refractivity contribution is 0.260. The monoisotopic (exact) mass is 221 g/mol. The Kier molecular flexibility index (Phi) is 3.72. The molecule has 1 atom stereocenters. The van der Waals surface area contributed by atoms with Gasteiger partial charge >= 0.3 is 0 Å². The number of aromatic nitrogens is 2. The van der Waals surface area contributed by atoms with Crippen LogP contribution < -0.4 is 10.1 Å². The van der Waals surface area contributed by atoms with Gasteiger partial charge in [0.15, 0.2) is 0 Å². The summed E-state index contributed by atoms with van der Waals surface area (Å²) in [4.78, 5) is 8.57. The van der Waals surface area contributed by atoms with Gasteiger partial charge in [-0.15, -0.1) is 0 Å². The van der Waals surface area contributed by atoms with Crippen molar-refractivity contribution in [1.82, 2.24) is 15.3 Å². The normalized spacial score (nSPS) is 17.9. The molecule has 0 saturated heterocycles. The molecule has 1 unspecified atom stereocenters. The van der Waals surface area contributed by atoms with Crippen LogP contribution in [0.1, 0.15) is 37.4 Å². The maximum atomic E-state index is 5.25. The highest BCUT2D eigenvalue weighted by Crippen LogP contribution is 2.35. The molecule has 0 amide bonds. The first-order valence-corrected chi connectivity index (χ1v) is 5.87. The summed E-state index contributed by atoms with van der Waals surface area (Å²) < 4.78 is 5.25. The molecule has 2 rings (SSSR count). The lowest BCUT2D eigenvalue weighted by Crippen LogP contribution is -2.24. The van der Waals surface area contributed by atoms with E-state index in [9.17, 15) is 0 Å². The number of hydrogen-bond acceptors (Lipinski definition) is 4. The summed E-state index contributed by atoms with van der Waals surface area (Å²) in [6.45, 7) is 0. The van der Waals surface area contributed by atoms with Crippen molar-refractivity contribution in [3.63, 3.8) is 0 Å². The van der Waals surface area contributed by atoms with E-state index in [1.165, 1.54) is 19.3 Å². The molecule has 88 valence electrons. The van der Waals surface area contributed by atoms with Gasteiger partial charge in [0, 0.05) is 12.4 Å². The fourth-order valence-corrected chi connectivity index (χ4v) is 2.16. The molecule has 4 heteroatoms. The van der Waals surface area contributed by atoms with E-state index in [0.717, 1.165) is 18.0 Å². The van der Waals surface area contributed by atoms with Gasteiger partial charge in [-0.05, 0) is 19.4 Å². The van der Waals surface area contributed by atoms with Crippen molar-refractivity contribution < 1.29 is 4.74 Å². The second-order valence-electron chi connectivity index (χ2n) is 4.32. The number of nitrogens with zero attached hydrogens (tertiary/aromatic N) is 2. The minimum absolute atomic E-state index is 0.258. The van der Waals surface area contributed by atoms with Crippen LogP contribution in [0.2, 0.25) is 0 Å². The molecule has 0 spiro atoms. The largest absolute Gasteiger partial charge is 0.480 e. The van der Waals surface area contributed by atoms with Crippen molar-refractivity contribution in [2.45, 2.75) is 31.7 Å². The van der Waals surface area contributed by atoms with Crippen LogP contribution in [0.15, 0.2) is 12.4 Å². The van der Waals surface area contributed by atoms with Crippen LogP contribution in [0.3, 0.4) is 0 Å². The second kappa shape index (κ2) is 5.25. The number of rotatable bonds is 5. The van der Waals surface area contributed by atoms with Crippen LogP contribution in [0.4, 0.5) is 0 Å². The zero-order chi connectivity index (χ0) is 11.4. The molecule has 1 aromatic rings. The van der Waals surface area contributed by atoms with Crippen LogP contribution in [0, 0.1) is 5.92 Å². The van der Waals surface area contributed by atoms with Gasteiger partial charge in [0.25, 0.3) is 0 Å². The molecule has 1 fully saturated rings. The molecular weight excluding hydrogens is 202 g/mol. The maximum absolute atomic E-state index is 5.25. The minimum atomic E-state index is 0.258. The molecular formula is C12H19N3O. The Morgan fingerprint density at radius 1 is 1.44 bits per heavy atom. The standard InChI is InChI=1S/C12H19N3O/c1-13-10(8-9-4-3-5-9)11-12(16-2)15-7-6-14-11/h6-7,9-10,13H,3-5,8H2,1-2H3. The number of hydrogen-bond donors (Lipinski definition) is 1. The molecule has 1 aliphatic carbocycles. The van der Waals surface area contributed by atoms with Crippen molar-refractivity contribution in [2.24, 2.45) is 5.92 Å². The molecule has 0 aliphatic heterocycles. The van der Waals surface area contributed by atoms with Crippen molar-refractivity contribution in [2.75, 3.05) is 14.2 Å². The van der Waals surface area contributed by atoms with Gasteiger partial charge < -0.3 is 10.1 Å². The molecule has 1 N–H and O–H groups in total. The van der Waals surface area contributed by atoms with Gasteiger partial charge in [0.1, 0.15) is 5.69 Å². The molecule has 0 radical (unpaired) electrons. The van der Waals surface area contributed by atoms with E-state index in [0.29, 0.717) is 5.88 Å². The Hall–Kier alpha value is -1.16. The second-order valence-corrected chi connectivity index (χ2v) is 4.32. The van der Waals surface area contributed by atoms with Crippen LogP contribution in [0.25, 0.3) is 0 Å². The lowest BCUT2D eigenvalue weighted by atomic mass is 9.80. The molecule has 1 aromatic heterocycles. The summed E-state index contributed by atoms with van der Waals surface area (Å²) in [6, 6.07) is 0.258. The molecule has 0 aromatic carbocycles. The number of ether oxygens (including phenoxy) is 1. The molecule has 1 aliphatic rings. The predicted molar refractivity (Wildman–Crippen MR) is 62.3 cm³/mol. The van der Waals surface area contributed by atoms with Crippen molar-refractivity contribution in [3.8, 4) is 5.88 Å². The Labute approximate surface area is 96.4 Å².